The summed E-state index contributed by atoms with van der Waals surface area (Å²) in [7, 11) is 3.42. The van der Waals surface area contributed by atoms with E-state index in [1.165, 1.54) is 5.56 Å². The lowest BCUT2D eigenvalue weighted by atomic mass is 10.0. The van der Waals surface area contributed by atoms with Crippen molar-refractivity contribution in [3.8, 4) is 5.75 Å². The zero-order valence-corrected chi connectivity index (χ0v) is 13.6. The van der Waals surface area contributed by atoms with Gasteiger partial charge in [-0.2, -0.15) is 0 Å². The normalized spacial score (nSPS) is 12.3. The highest BCUT2D eigenvalue weighted by Crippen LogP contribution is 2.26. The quantitative estimate of drug-likeness (QED) is 0.601. The van der Waals surface area contributed by atoms with Crippen molar-refractivity contribution in [2.45, 2.75) is 32.2 Å². The van der Waals surface area contributed by atoms with E-state index in [2.05, 4.69) is 24.4 Å². The summed E-state index contributed by atoms with van der Waals surface area (Å²) in [4.78, 5) is 0. The summed E-state index contributed by atoms with van der Waals surface area (Å²) in [6, 6.07) is 8.56. The minimum Gasteiger partial charge on any atom is -0.496 e. The summed E-state index contributed by atoms with van der Waals surface area (Å²) in [5.74, 6) is 0.958. The number of benzene rings is 1. The molecular formula is C17H29NO3. The fraction of sp³-hybridized carbons (Fsp3) is 0.647. The molecule has 1 N–H and O–H groups in total. The van der Waals surface area contributed by atoms with Crippen LogP contribution in [0.3, 0.4) is 0 Å². The molecule has 0 fully saturated rings. The summed E-state index contributed by atoms with van der Waals surface area (Å²) in [6.45, 7) is 5.34. The van der Waals surface area contributed by atoms with E-state index in [1.54, 1.807) is 14.2 Å². The summed E-state index contributed by atoms with van der Waals surface area (Å²) in [5.41, 5.74) is 1.24. The fourth-order valence-corrected chi connectivity index (χ4v) is 2.28. The number of nitrogens with one attached hydrogen (secondary N) is 1. The first-order valence-corrected chi connectivity index (χ1v) is 7.76. The Morgan fingerprint density at radius 2 is 1.86 bits per heavy atom. The molecule has 0 aliphatic heterocycles. The molecule has 0 bridgehead atoms. The average Bonchev–Trinajstić information content (AvgIpc) is 2.53. The van der Waals surface area contributed by atoms with Crippen molar-refractivity contribution in [1.29, 1.82) is 0 Å². The summed E-state index contributed by atoms with van der Waals surface area (Å²) >= 11 is 0. The lowest BCUT2D eigenvalue weighted by Gasteiger charge is -2.20. The van der Waals surface area contributed by atoms with Gasteiger partial charge in [-0.25, -0.2) is 0 Å². The van der Waals surface area contributed by atoms with Crippen molar-refractivity contribution in [2.75, 3.05) is 40.6 Å². The Kier molecular flexibility index (Phi) is 9.87. The maximum atomic E-state index is 5.46. The first kappa shape index (κ1) is 18.0. The predicted octanol–water partition coefficient (Wildman–Crippen LogP) is 3.18. The van der Waals surface area contributed by atoms with E-state index in [1.807, 2.05) is 12.1 Å². The Morgan fingerprint density at radius 1 is 1.05 bits per heavy atom. The third-order valence-corrected chi connectivity index (χ3v) is 3.46. The van der Waals surface area contributed by atoms with Gasteiger partial charge in [-0.05, 0) is 31.9 Å². The Bertz CT molecular complexity index is 371. The minimum atomic E-state index is 0.343. The van der Waals surface area contributed by atoms with Gasteiger partial charge in [0.25, 0.3) is 0 Å². The first-order chi connectivity index (χ1) is 10.3. The third kappa shape index (κ3) is 6.93. The van der Waals surface area contributed by atoms with Gasteiger partial charge in [0.1, 0.15) is 5.75 Å². The Morgan fingerprint density at radius 3 is 2.57 bits per heavy atom. The number of methoxy groups -OCH3 is 2. The topological polar surface area (TPSA) is 39.7 Å². The van der Waals surface area contributed by atoms with Gasteiger partial charge in [0, 0.05) is 25.3 Å². The largest absolute Gasteiger partial charge is 0.496 e. The minimum absolute atomic E-state index is 0.343. The molecule has 1 rings (SSSR count). The Labute approximate surface area is 128 Å². The zero-order valence-electron chi connectivity index (χ0n) is 13.6. The summed E-state index contributed by atoms with van der Waals surface area (Å²) < 4.78 is 15.8. The van der Waals surface area contributed by atoms with Gasteiger partial charge in [-0.15, -0.1) is 0 Å². The molecule has 1 aromatic carbocycles. The second-order valence-electron chi connectivity index (χ2n) is 4.97. The number of hydrogen-bond acceptors (Lipinski definition) is 4. The van der Waals surface area contributed by atoms with E-state index in [0.717, 1.165) is 38.2 Å². The van der Waals surface area contributed by atoms with Crippen LogP contribution in [0.2, 0.25) is 0 Å². The molecule has 0 saturated carbocycles. The van der Waals surface area contributed by atoms with Crippen molar-refractivity contribution < 1.29 is 14.2 Å². The summed E-state index contributed by atoms with van der Waals surface area (Å²) in [5, 5.41) is 3.60. The van der Waals surface area contributed by atoms with E-state index < -0.39 is 0 Å². The van der Waals surface area contributed by atoms with Gasteiger partial charge in [0.15, 0.2) is 0 Å². The number of unbranched alkanes of at least 4 members (excludes halogenated alkanes) is 1. The molecule has 1 aromatic rings. The number of rotatable bonds is 12. The standard InChI is InChI=1S/C17H29NO3/c1-4-16(15-9-5-6-10-17(15)20-3)18-11-7-8-12-21-14-13-19-2/h5-6,9-10,16,18H,4,7-8,11-14H2,1-3H3. The smallest absolute Gasteiger partial charge is 0.123 e. The molecule has 4 nitrogen and oxygen atoms in total. The molecule has 4 heteroatoms. The van der Waals surface area contributed by atoms with Gasteiger partial charge in [-0.1, -0.05) is 25.1 Å². The monoisotopic (exact) mass is 295 g/mol. The molecule has 21 heavy (non-hydrogen) atoms. The van der Waals surface area contributed by atoms with E-state index in [9.17, 15) is 0 Å². The summed E-state index contributed by atoms with van der Waals surface area (Å²) in [6.07, 6.45) is 3.22. The van der Waals surface area contributed by atoms with Crippen LogP contribution >= 0.6 is 0 Å². The Hall–Kier alpha value is -1.10. The molecule has 0 saturated heterocycles. The van der Waals surface area contributed by atoms with E-state index in [-0.39, 0.29) is 0 Å². The molecule has 1 unspecified atom stereocenters. The zero-order chi connectivity index (χ0) is 15.3. The SMILES string of the molecule is CCC(NCCCCOCCOC)c1ccccc1OC. The van der Waals surface area contributed by atoms with Gasteiger partial charge in [0.2, 0.25) is 0 Å². The van der Waals surface area contributed by atoms with Crippen molar-refractivity contribution >= 4 is 0 Å². The first-order valence-electron chi connectivity index (χ1n) is 7.76. The highest BCUT2D eigenvalue weighted by molar-refractivity contribution is 5.35. The van der Waals surface area contributed by atoms with Crippen molar-refractivity contribution in [3.05, 3.63) is 29.8 Å². The van der Waals surface area contributed by atoms with Gasteiger partial charge < -0.3 is 19.5 Å². The van der Waals surface area contributed by atoms with Crippen LogP contribution in [0.1, 0.15) is 37.8 Å². The Balaban J connectivity index is 2.25. The van der Waals surface area contributed by atoms with Crippen LogP contribution in [-0.4, -0.2) is 40.6 Å². The van der Waals surface area contributed by atoms with E-state index >= 15 is 0 Å². The van der Waals surface area contributed by atoms with Crippen LogP contribution < -0.4 is 10.1 Å². The molecule has 0 aromatic heterocycles. The molecule has 0 spiro atoms. The van der Waals surface area contributed by atoms with Gasteiger partial charge >= 0.3 is 0 Å². The number of hydrogen-bond donors (Lipinski definition) is 1. The molecule has 120 valence electrons. The molecule has 1 atom stereocenters. The van der Waals surface area contributed by atoms with E-state index in [0.29, 0.717) is 19.3 Å². The predicted molar refractivity (Wildman–Crippen MR) is 86.0 cm³/mol. The highest BCUT2D eigenvalue weighted by Gasteiger charge is 2.12. The molecule has 0 aliphatic carbocycles. The van der Waals surface area contributed by atoms with Crippen LogP contribution in [0.15, 0.2) is 24.3 Å². The van der Waals surface area contributed by atoms with Crippen LogP contribution in [-0.2, 0) is 9.47 Å². The van der Waals surface area contributed by atoms with Crippen LogP contribution in [0.25, 0.3) is 0 Å². The van der Waals surface area contributed by atoms with Gasteiger partial charge in [-0.3, -0.25) is 0 Å². The average molecular weight is 295 g/mol. The van der Waals surface area contributed by atoms with Gasteiger partial charge in [0.05, 0.1) is 20.3 Å². The lowest BCUT2D eigenvalue weighted by Crippen LogP contribution is -2.22. The second kappa shape index (κ2) is 11.5. The van der Waals surface area contributed by atoms with Crippen LogP contribution in [0.5, 0.6) is 5.75 Å². The lowest BCUT2D eigenvalue weighted by molar-refractivity contribution is 0.0687. The van der Waals surface area contributed by atoms with Crippen molar-refractivity contribution in [1.82, 2.24) is 5.32 Å². The third-order valence-electron chi connectivity index (χ3n) is 3.46. The molecular weight excluding hydrogens is 266 g/mol. The maximum absolute atomic E-state index is 5.46. The van der Waals surface area contributed by atoms with Crippen molar-refractivity contribution in [3.63, 3.8) is 0 Å². The molecule has 0 heterocycles. The van der Waals surface area contributed by atoms with E-state index in [4.69, 9.17) is 14.2 Å². The fourth-order valence-electron chi connectivity index (χ4n) is 2.28. The maximum Gasteiger partial charge on any atom is 0.123 e. The van der Waals surface area contributed by atoms with Crippen LogP contribution in [0, 0.1) is 0 Å². The second-order valence-corrected chi connectivity index (χ2v) is 4.97. The van der Waals surface area contributed by atoms with Crippen LogP contribution in [0.4, 0.5) is 0 Å². The molecule has 0 aliphatic rings. The highest BCUT2D eigenvalue weighted by atomic mass is 16.5. The van der Waals surface area contributed by atoms with Crippen molar-refractivity contribution in [2.24, 2.45) is 0 Å². The molecule has 0 amide bonds. The number of para-hydroxylation sites is 1. The number of ether oxygens (including phenoxy) is 3. The molecule has 0 radical (unpaired) electrons.